The number of benzene rings is 1. The van der Waals surface area contributed by atoms with E-state index in [2.05, 4.69) is 9.97 Å². The van der Waals surface area contributed by atoms with Crippen molar-refractivity contribution in [2.24, 2.45) is 5.73 Å². The Labute approximate surface area is 108 Å². The van der Waals surface area contributed by atoms with E-state index in [1.165, 1.54) is 19.2 Å². The molecule has 0 amide bonds. The standard InChI is InChI=1S/C12H12FN3O3/c1-18-10-11(17)15-6-16-12(10)19-9-3-2-7(5-14)4-8(9)13/h2-4,6H,5,14H2,1H3,(H,15,16,17). The van der Waals surface area contributed by atoms with Gasteiger partial charge in [0.15, 0.2) is 11.6 Å². The minimum absolute atomic E-state index is 0.0615. The molecule has 19 heavy (non-hydrogen) atoms. The maximum atomic E-state index is 13.7. The quantitative estimate of drug-likeness (QED) is 0.866. The van der Waals surface area contributed by atoms with Crippen LogP contribution in [0.2, 0.25) is 0 Å². The molecule has 0 aliphatic rings. The minimum atomic E-state index is -0.591. The lowest BCUT2D eigenvalue weighted by atomic mass is 10.2. The summed E-state index contributed by atoms with van der Waals surface area (Å²) in [5.74, 6) is -0.879. The monoisotopic (exact) mass is 265 g/mol. The number of ether oxygens (including phenoxy) is 2. The Kier molecular flexibility index (Phi) is 3.76. The minimum Gasteiger partial charge on any atom is -0.487 e. The summed E-state index contributed by atoms with van der Waals surface area (Å²) in [5, 5.41) is 0. The van der Waals surface area contributed by atoms with Crippen molar-refractivity contribution in [2.45, 2.75) is 6.54 Å². The van der Waals surface area contributed by atoms with Crippen LogP contribution in [0.1, 0.15) is 5.56 Å². The molecule has 2 rings (SSSR count). The predicted octanol–water partition coefficient (Wildman–Crippen LogP) is 1.17. The third-order valence-electron chi connectivity index (χ3n) is 2.42. The second-order valence-electron chi connectivity index (χ2n) is 3.64. The molecule has 0 aliphatic heterocycles. The maximum absolute atomic E-state index is 13.7. The molecule has 0 saturated heterocycles. The van der Waals surface area contributed by atoms with E-state index in [0.717, 1.165) is 6.33 Å². The summed E-state index contributed by atoms with van der Waals surface area (Å²) in [4.78, 5) is 17.6. The molecule has 0 aliphatic carbocycles. The van der Waals surface area contributed by atoms with Gasteiger partial charge in [-0.05, 0) is 17.7 Å². The van der Waals surface area contributed by atoms with Crippen molar-refractivity contribution < 1.29 is 13.9 Å². The smallest absolute Gasteiger partial charge is 0.297 e. The molecule has 7 heteroatoms. The number of hydrogen-bond acceptors (Lipinski definition) is 5. The Morgan fingerprint density at radius 2 is 2.26 bits per heavy atom. The van der Waals surface area contributed by atoms with E-state index >= 15 is 0 Å². The number of nitrogens with one attached hydrogen (secondary N) is 1. The van der Waals surface area contributed by atoms with Crippen LogP contribution in [0.5, 0.6) is 17.4 Å². The lowest BCUT2D eigenvalue weighted by Crippen LogP contribution is -2.11. The second-order valence-corrected chi connectivity index (χ2v) is 3.64. The molecule has 1 heterocycles. The van der Waals surface area contributed by atoms with Gasteiger partial charge < -0.3 is 20.2 Å². The Morgan fingerprint density at radius 1 is 1.47 bits per heavy atom. The van der Waals surface area contributed by atoms with Crippen LogP contribution in [-0.2, 0) is 6.54 Å². The van der Waals surface area contributed by atoms with Crippen molar-refractivity contribution in [3.8, 4) is 17.4 Å². The third kappa shape index (κ3) is 2.71. The zero-order valence-corrected chi connectivity index (χ0v) is 10.1. The summed E-state index contributed by atoms with van der Waals surface area (Å²) in [6, 6.07) is 4.30. The van der Waals surface area contributed by atoms with Crippen molar-refractivity contribution >= 4 is 0 Å². The molecule has 0 atom stereocenters. The van der Waals surface area contributed by atoms with Gasteiger partial charge in [0, 0.05) is 6.54 Å². The Bertz CT molecular complexity index is 642. The number of H-pyrrole nitrogens is 1. The summed E-state index contributed by atoms with van der Waals surface area (Å²) in [7, 11) is 1.30. The highest BCUT2D eigenvalue weighted by atomic mass is 19.1. The zero-order valence-electron chi connectivity index (χ0n) is 10.1. The summed E-state index contributed by atoms with van der Waals surface area (Å²) in [6.07, 6.45) is 1.15. The average Bonchev–Trinajstić information content (AvgIpc) is 2.41. The summed E-state index contributed by atoms with van der Waals surface area (Å²) >= 11 is 0. The van der Waals surface area contributed by atoms with Crippen molar-refractivity contribution in [1.82, 2.24) is 9.97 Å². The van der Waals surface area contributed by atoms with Crippen LogP contribution in [0.4, 0.5) is 4.39 Å². The van der Waals surface area contributed by atoms with Gasteiger partial charge in [-0.3, -0.25) is 4.79 Å². The first-order valence-electron chi connectivity index (χ1n) is 5.43. The molecular weight excluding hydrogens is 253 g/mol. The van der Waals surface area contributed by atoms with E-state index in [1.54, 1.807) is 6.07 Å². The van der Waals surface area contributed by atoms with Crippen LogP contribution < -0.4 is 20.8 Å². The van der Waals surface area contributed by atoms with E-state index in [0.29, 0.717) is 5.56 Å². The highest BCUT2D eigenvalue weighted by molar-refractivity contribution is 5.37. The van der Waals surface area contributed by atoms with E-state index in [9.17, 15) is 9.18 Å². The molecule has 2 aromatic rings. The summed E-state index contributed by atoms with van der Waals surface area (Å²) in [5.41, 5.74) is 5.53. The molecule has 0 saturated carbocycles. The first kappa shape index (κ1) is 13.0. The fourth-order valence-corrected chi connectivity index (χ4v) is 1.48. The molecule has 6 nitrogen and oxygen atoms in total. The van der Waals surface area contributed by atoms with E-state index in [-0.39, 0.29) is 23.9 Å². The topological polar surface area (TPSA) is 90.2 Å². The van der Waals surface area contributed by atoms with E-state index in [1.807, 2.05) is 0 Å². The van der Waals surface area contributed by atoms with Gasteiger partial charge in [-0.25, -0.2) is 9.37 Å². The Morgan fingerprint density at radius 3 is 2.89 bits per heavy atom. The molecule has 0 fully saturated rings. The first-order valence-corrected chi connectivity index (χ1v) is 5.43. The van der Waals surface area contributed by atoms with Crippen LogP contribution in [0.15, 0.2) is 29.3 Å². The molecule has 3 N–H and O–H groups in total. The molecule has 0 spiro atoms. The zero-order chi connectivity index (χ0) is 13.8. The van der Waals surface area contributed by atoms with Gasteiger partial charge in [0.05, 0.1) is 13.4 Å². The molecule has 1 aromatic carbocycles. The number of methoxy groups -OCH3 is 1. The fraction of sp³-hybridized carbons (Fsp3) is 0.167. The first-order chi connectivity index (χ1) is 9.15. The highest BCUT2D eigenvalue weighted by Crippen LogP contribution is 2.27. The average molecular weight is 265 g/mol. The molecule has 0 unspecified atom stereocenters. The number of hydrogen-bond donors (Lipinski definition) is 2. The Balaban J connectivity index is 2.36. The molecular formula is C12H12FN3O3. The van der Waals surface area contributed by atoms with Gasteiger partial charge in [-0.15, -0.1) is 0 Å². The molecule has 0 radical (unpaired) electrons. The van der Waals surface area contributed by atoms with Gasteiger partial charge in [0.1, 0.15) is 0 Å². The van der Waals surface area contributed by atoms with Crippen molar-refractivity contribution in [3.05, 3.63) is 46.3 Å². The normalized spacial score (nSPS) is 10.3. The van der Waals surface area contributed by atoms with Crippen LogP contribution in [-0.4, -0.2) is 17.1 Å². The van der Waals surface area contributed by atoms with Gasteiger partial charge >= 0.3 is 0 Å². The molecule has 1 aromatic heterocycles. The van der Waals surface area contributed by atoms with Gasteiger partial charge in [0.25, 0.3) is 11.4 Å². The lowest BCUT2D eigenvalue weighted by molar-refractivity contribution is 0.355. The van der Waals surface area contributed by atoms with Crippen LogP contribution in [0.3, 0.4) is 0 Å². The largest absolute Gasteiger partial charge is 0.487 e. The van der Waals surface area contributed by atoms with E-state index < -0.39 is 11.4 Å². The lowest BCUT2D eigenvalue weighted by Gasteiger charge is -2.09. The van der Waals surface area contributed by atoms with Crippen molar-refractivity contribution in [3.63, 3.8) is 0 Å². The SMILES string of the molecule is COc1c(Oc2ccc(CN)cc2F)nc[nH]c1=O. The van der Waals surface area contributed by atoms with Crippen LogP contribution >= 0.6 is 0 Å². The highest BCUT2D eigenvalue weighted by Gasteiger charge is 2.13. The van der Waals surface area contributed by atoms with Gasteiger partial charge in [-0.1, -0.05) is 6.07 Å². The Hall–Kier alpha value is -2.41. The van der Waals surface area contributed by atoms with Crippen LogP contribution in [0.25, 0.3) is 0 Å². The summed E-state index contributed by atoms with van der Waals surface area (Å²) < 4.78 is 23.8. The number of halogens is 1. The second kappa shape index (κ2) is 5.49. The van der Waals surface area contributed by atoms with Gasteiger partial charge in [0.2, 0.25) is 5.75 Å². The predicted molar refractivity (Wildman–Crippen MR) is 65.8 cm³/mol. The van der Waals surface area contributed by atoms with Crippen LogP contribution in [0, 0.1) is 5.82 Å². The number of nitrogens with two attached hydrogens (primary N) is 1. The molecule has 100 valence electrons. The summed E-state index contributed by atoms with van der Waals surface area (Å²) in [6.45, 7) is 0.226. The number of nitrogens with zero attached hydrogens (tertiary/aromatic N) is 1. The van der Waals surface area contributed by atoms with Crippen molar-refractivity contribution in [2.75, 3.05) is 7.11 Å². The van der Waals surface area contributed by atoms with Gasteiger partial charge in [-0.2, -0.15) is 0 Å². The molecule has 0 bridgehead atoms. The van der Waals surface area contributed by atoms with Crippen molar-refractivity contribution in [1.29, 1.82) is 0 Å². The number of aromatic nitrogens is 2. The number of aromatic amines is 1. The number of rotatable bonds is 4. The maximum Gasteiger partial charge on any atom is 0.297 e. The van der Waals surface area contributed by atoms with E-state index in [4.69, 9.17) is 15.2 Å². The fourth-order valence-electron chi connectivity index (χ4n) is 1.48. The third-order valence-corrected chi connectivity index (χ3v) is 2.42.